The second-order valence-corrected chi connectivity index (χ2v) is 4.40. The summed E-state index contributed by atoms with van der Waals surface area (Å²) in [6.45, 7) is 2.07. The summed E-state index contributed by atoms with van der Waals surface area (Å²) in [5.74, 6) is 0.0871. The Bertz CT molecular complexity index is 644. The van der Waals surface area contributed by atoms with Gasteiger partial charge in [-0.05, 0) is 12.5 Å². The van der Waals surface area contributed by atoms with E-state index in [9.17, 15) is 4.79 Å². The minimum Gasteiger partial charge on any atom is -0.462 e. The van der Waals surface area contributed by atoms with Gasteiger partial charge in [0.25, 0.3) is 0 Å². The van der Waals surface area contributed by atoms with Crippen LogP contribution >= 0.6 is 11.6 Å². The first-order valence-corrected chi connectivity index (χ1v) is 6.75. The van der Waals surface area contributed by atoms with Crippen LogP contribution in [0.2, 0.25) is 5.15 Å². The van der Waals surface area contributed by atoms with Crippen molar-refractivity contribution in [3.63, 3.8) is 0 Å². The van der Waals surface area contributed by atoms with Crippen LogP contribution in [0, 0.1) is 0 Å². The van der Waals surface area contributed by atoms with E-state index in [1.807, 2.05) is 30.3 Å². The van der Waals surface area contributed by atoms with Gasteiger partial charge in [0, 0.05) is 12.3 Å². The average molecular weight is 304 g/mol. The second kappa shape index (κ2) is 7.40. The number of benzene rings is 1. The fraction of sp³-hybridized carbons (Fsp3) is 0.133. The largest absolute Gasteiger partial charge is 0.462 e. The zero-order valence-electron chi connectivity index (χ0n) is 11.4. The Balaban J connectivity index is 2.27. The van der Waals surface area contributed by atoms with Gasteiger partial charge in [-0.25, -0.2) is 14.8 Å². The van der Waals surface area contributed by atoms with Gasteiger partial charge in [0.05, 0.1) is 12.2 Å². The van der Waals surface area contributed by atoms with Crippen molar-refractivity contribution in [3.05, 3.63) is 59.6 Å². The predicted octanol–water partition coefficient (Wildman–Crippen LogP) is 3.15. The quantitative estimate of drug-likeness (QED) is 0.522. The Labute approximate surface area is 127 Å². The number of esters is 1. The molecule has 0 unspecified atom stereocenters. The van der Waals surface area contributed by atoms with E-state index in [1.165, 1.54) is 6.33 Å². The van der Waals surface area contributed by atoms with Crippen LogP contribution in [0.4, 0.5) is 5.82 Å². The average Bonchev–Trinajstić information content (AvgIpc) is 2.49. The number of aromatic nitrogens is 2. The molecule has 0 aliphatic heterocycles. The van der Waals surface area contributed by atoms with E-state index in [0.717, 1.165) is 5.56 Å². The second-order valence-electron chi connectivity index (χ2n) is 4.01. The van der Waals surface area contributed by atoms with Gasteiger partial charge in [0.2, 0.25) is 0 Å². The maximum Gasteiger partial charge on any atom is 0.340 e. The van der Waals surface area contributed by atoms with Gasteiger partial charge in [-0.2, -0.15) is 0 Å². The lowest BCUT2D eigenvalue weighted by Crippen LogP contribution is -2.08. The van der Waals surface area contributed by atoms with E-state index >= 15 is 0 Å². The highest BCUT2D eigenvalue weighted by Gasteiger charge is 2.12. The highest BCUT2D eigenvalue weighted by Crippen LogP contribution is 2.17. The van der Waals surface area contributed by atoms with Crippen LogP contribution in [-0.4, -0.2) is 22.5 Å². The monoisotopic (exact) mass is 303 g/mol. The first-order valence-electron chi connectivity index (χ1n) is 6.37. The lowest BCUT2D eigenvalue weighted by atomic mass is 10.1. The number of hydrogen-bond donors (Lipinski definition) is 1. The van der Waals surface area contributed by atoms with Crippen LogP contribution in [0.5, 0.6) is 0 Å². The predicted molar refractivity (Wildman–Crippen MR) is 81.7 cm³/mol. The number of hydrogen-bond acceptors (Lipinski definition) is 5. The number of ether oxygens (including phenoxy) is 1. The molecule has 1 aromatic heterocycles. The number of rotatable bonds is 5. The third-order valence-electron chi connectivity index (χ3n) is 2.58. The molecule has 0 saturated carbocycles. The third-order valence-corrected chi connectivity index (χ3v) is 2.78. The van der Waals surface area contributed by atoms with Crippen LogP contribution in [-0.2, 0) is 9.53 Å². The van der Waals surface area contributed by atoms with Crippen molar-refractivity contribution in [2.45, 2.75) is 6.92 Å². The molecule has 0 saturated heterocycles. The molecule has 1 N–H and O–H groups in total. The third kappa shape index (κ3) is 4.29. The molecule has 108 valence electrons. The Hall–Kier alpha value is -2.40. The lowest BCUT2D eigenvalue weighted by Gasteiger charge is -2.08. The molecule has 1 heterocycles. The van der Waals surface area contributed by atoms with Crippen molar-refractivity contribution in [3.8, 4) is 0 Å². The molecule has 0 aliphatic carbocycles. The van der Waals surface area contributed by atoms with E-state index in [1.54, 1.807) is 19.2 Å². The highest BCUT2D eigenvalue weighted by atomic mass is 35.5. The summed E-state index contributed by atoms with van der Waals surface area (Å²) in [6, 6.07) is 10.8. The van der Waals surface area contributed by atoms with Crippen LogP contribution in [0.3, 0.4) is 0 Å². The van der Waals surface area contributed by atoms with Crippen molar-refractivity contribution in [1.29, 1.82) is 0 Å². The number of halogens is 1. The molecule has 0 aliphatic rings. The van der Waals surface area contributed by atoms with Gasteiger partial charge >= 0.3 is 5.97 Å². The lowest BCUT2D eigenvalue weighted by molar-refractivity contribution is -0.136. The first kappa shape index (κ1) is 15.0. The molecule has 6 heteroatoms. The summed E-state index contributed by atoms with van der Waals surface area (Å²) in [4.78, 5) is 19.8. The van der Waals surface area contributed by atoms with Crippen molar-refractivity contribution in [2.75, 3.05) is 11.9 Å². The van der Waals surface area contributed by atoms with Gasteiger partial charge in [-0.15, -0.1) is 0 Å². The standard InChI is InChI=1S/C15H14ClN3O2/c1-2-21-15(20)12(11-6-4-3-5-7-11)9-17-14-8-13(16)18-10-19-14/h3-10H,2H2,1H3,(H,17,18,19)/b12-9+. The summed E-state index contributed by atoms with van der Waals surface area (Å²) in [6.07, 6.45) is 2.89. The molecule has 2 rings (SSSR count). The van der Waals surface area contributed by atoms with E-state index in [-0.39, 0.29) is 0 Å². The van der Waals surface area contributed by atoms with E-state index in [4.69, 9.17) is 16.3 Å². The van der Waals surface area contributed by atoms with Crippen molar-refractivity contribution in [1.82, 2.24) is 9.97 Å². The normalized spacial score (nSPS) is 11.0. The summed E-state index contributed by atoms with van der Waals surface area (Å²) in [5.41, 5.74) is 1.16. The Morgan fingerprint density at radius 1 is 1.33 bits per heavy atom. The molecule has 1 aromatic carbocycles. The van der Waals surface area contributed by atoms with Crippen molar-refractivity contribution >= 4 is 29.0 Å². The molecule has 0 atom stereocenters. The first-order chi connectivity index (χ1) is 10.2. The fourth-order valence-electron chi connectivity index (χ4n) is 1.65. The van der Waals surface area contributed by atoms with Gasteiger partial charge in [0.1, 0.15) is 17.3 Å². The highest BCUT2D eigenvalue weighted by molar-refractivity contribution is 6.29. The van der Waals surface area contributed by atoms with Gasteiger partial charge in [0.15, 0.2) is 0 Å². The zero-order chi connectivity index (χ0) is 15.1. The van der Waals surface area contributed by atoms with Crippen molar-refractivity contribution in [2.24, 2.45) is 0 Å². The maximum atomic E-state index is 12.0. The van der Waals surface area contributed by atoms with Crippen LogP contribution in [0.1, 0.15) is 12.5 Å². The zero-order valence-corrected chi connectivity index (χ0v) is 12.2. The Morgan fingerprint density at radius 2 is 2.10 bits per heavy atom. The molecule has 2 aromatic rings. The molecular formula is C15H14ClN3O2. The van der Waals surface area contributed by atoms with Crippen LogP contribution < -0.4 is 5.32 Å². The molecule has 0 radical (unpaired) electrons. The summed E-state index contributed by atoms with van der Waals surface area (Å²) >= 11 is 5.79. The minimum atomic E-state index is -0.406. The van der Waals surface area contributed by atoms with Gasteiger partial charge < -0.3 is 10.1 Å². The molecule has 21 heavy (non-hydrogen) atoms. The molecule has 0 bridgehead atoms. The smallest absolute Gasteiger partial charge is 0.340 e. The van der Waals surface area contributed by atoms with Gasteiger partial charge in [-0.3, -0.25) is 0 Å². The van der Waals surface area contributed by atoms with Crippen LogP contribution in [0.15, 0.2) is 48.9 Å². The Kier molecular flexibility index (Phi) is 5.29. The molecular weight excluding hydrogens is 290 g/mol. The summed E-state index contributed by atoms with van der Waals surface area (Å²) < 4.78 is 5.06. The topological polar surface area (TPSA) is 64.1 Å². The van der Waals surface area contributed by atoms with E-state index in [2.05, 4.69) is 15.3 Å². The Morgan fingerprint density at radius 3 is 2.76 bits per heavy atom. The van der Waals surface area contributed by atoms with Crippen LogP contribution in [0.25, 0.3) is 5.57 Å². The number of nitrogens with zero attached hydrogens (tertiary/aromatic N) is 2. The summed E-state index contributed by atoms with van der Waals surface area (Å²) in [5, 5.41) is 3.24. The summed E-state index contributed by atoms with van der Waals surface area (Å²) in [7, 11) is 0. The van der Waals surface area contributed by atoms with Crippen molar-refractivity contribution < 1.29 is 9.53 Å². The maximum absolute atomic E-state index is 12.0. The fourth-order valence-corrected chi connectivity index (χ4v) is 1.79. The van der Waals surface area contributed by atoms with Gasteiger partial charge in [-0.1, -0.05) is 41.9 Å². The molecule has 0 spiro atoms. The number of carbonyl (C=O) groups excluding carboxylic acids is 1. The van der Waals surface area contributed by atoms with E-state index in [0.29, 0.717) is 23.2 Å². The number of nitrogens with one attached hydrogen (secondary N) is 1. The molecule has 0 fully saturated rings. The minimum absolute atomic E-state index is 0.308. The molecule has 0 amide bonds. The SMILES string of the molecule is CCOC(=O)/C(=C/Nc1cc(Cl)ncn1)c1ccccc1. The molecule has 5 nitrogen and oxygen atoms in total. The number of carbonyl (C=O) groups is 1. The number of anilines is 1. The van der Waals surface area contributed by atoms with E-state index < -0.39 is 5.97 Å².